The van der Waals surface area contributed by atoms with E-state index >= 15 is 0 Å². The molecule has 0 saturated carbocycles. The number of carbonyl (C=O) groups excluding carboxylic acids is 3. The molecule has 2 aromatic rings. The van der Waals surface area contributed by atoms with Gasteiger partial charge in [-0.2, -0.15) is 0 Å². The number of carboxylic acids is 1. The highest BCUT2D eigenvalue weighted by molar-refractivity contribution is 6.32. The van der Waals surface area contributed by atoms with Crippen molar-refractivity contribution in [3.63, 3.8) is 0 Å². The lowest BCUT2D eigenvalue weighted by molar-refractivity contribution is -0.151. The molecule has 4 N–H and O–H groups in total. The molecular weight excluding hydrogens is 414 g/mol. The average molecular weight is 439 g/mol. The van der Waals surface area contributed by atoms with E-state index in [-0.39, 0.29) is 24.9 Å². The van der Waals surface area contributed by atoms with Crippen LogP contribution in [0.5, 0.6) is 0 Å². The topological polar surface area (TPSA) is 134 Å². The molecule has 3 rings (SSSR count). The number of carboxylic acid groups (broad SMARTS) is 1. The molecule has 1 unspecified atom stereocenters. The number of carbonyl (C=O) groups is 4. The van der Waals surface area contributed by atoms with Crippen molar-refractivity contribution in [3.05, 3.63) is 59.7 Å². The van der Waals surface area contributed by atoms with Crippen LogP contribution in [0.25, 0.3) is 11.1 Å². The zero-order valence-electron chi connectivity index (χ0n) is 17.8. The summed E-state index contributed by atoms with van der Waals surface area (Å²) in [6.07, 6.45) is -0.676. The minimum absolute atomic E-state index is 0.00528. The van der Waals surface area contributed by atoms with Crippen LogP contribution in [-0.4, -0.2) is 41.6 Å². The van der Waals surface area contributed by atoms with E-state index < -0.39 is 29.9 Å². The van der Waals surface area contributed by atoms with Crippen LogP contribution in [0, 0.1) is 5.92 Å². The van der Waals surface area contributed by atoms with Crippen molar-refractivity contribution in [2.45, 2.75) is 32.2 Å². The number of benzene rings is 2. The predicted molar refractivity (Wildman–Crippen MR) is 115 cm³/mol. The smallest absolute Gasteiger partial charge is 0.426 e. The van der Waals surface area contributed by atoms with Crippen molar-refractivity contribution in [2.75, 3.05) is 6.61 Å². The third-order valence-electron chi connectivity index (χ3n) is 5.15. The summed E-state index contributed by atoms with van der Waals surface area (Å²) in [6.45, 7) is 3.69. The summed E-state index contributed by atoms with van der Waals surface area (Å²) >= 11 is 0. The highest BCUT2D eigenvalue weighted by Gasteiger charge is 2.29. The molecule has 0 aromatic heterocycles. The van der Waals surface area contributed by atoms with Crippen molar-refractivity contribution in [1.82, 2.24) is 16.2 Å². The van der Waals surface area contributed by atoms with Gasteiger partial charge in [0.1, 0.15) is 12.6 Å². The summed E-state index contributed by atoms with van der Waals surface area (Å²) in [6, 6.07) is 14.7. The SMILES string of the molecule is CC(C)CC(NC(=O)C(=O)O)C(=O)NNC(=O)OCC1c2ccccc2-c2ccccc21. The van der Waals surface area contributed by atoms with Gasteiger partial charge in [0.05, 0.1) is 0 Å². The van der Waals surface area contributed by atoms with Crippen molar-refractivity contribution >= 4 is 23.9 Å². The molecule has 0 bridgehead atoms. The van der Waals surface area contributed by atoms with Gasteiger partial charge in [0.15, 0.2) is 0 Å². The largest absolute Gasteiger partial charge is 0.474 e. The molecule has 9 heteroatoms. The van der Waals surface area contributed by atoms with Gasteiger partial charge >= 0.3 is 18.0 Å². The first kappa shape index (κ1) is 22.8. The van der Waals surface area contributed by atoms with Crippen molar-refractivity contribution in [3.8, 4) is 11.1 Å². The summed E-state index contributed by atoms with van der Waals surface area (Å²) in [5.41, 5.74) is 8.62. The Bertz CT molecular complexity index is 990. The van der Waals surface area contributed by atoms with E-state index in [1.807, 2.05) is 62.4 Å². The average Bonchev–Trinajstić information content (AvgIpc) is 3.09. The first-order chi connectivity index (χ1) is 15.3. The van der Waals surface area contributed by atoms with Crippen LogP contribution >= 0.6 is 0 Å². The number of nitrogens with one attached hydrogen (secondary N) is 3. The second-order valence-electron chi connectivity index (χ2n) is 7.90. The van der Waals surface area contributed by atoms with Crippen LogP contribution < -0.4 is 16.2 Å². The number of hydrazine groups is 1. The van der Waals surface area contributed by atoms with Gasteiger partial charge in [-0.15, -0.1) is 0 Å². The third kappa shape index (κ3) is 5.23. The normalized spacial score (nSPS) is 13.0. The lowest BCUT2D eigenvalue weighted by Crippen LogP contribution is -2.53. The fraction of sp³-hybridized carbons (Fsp3) is 0.304. The Morgan fingerprint density at radius 1 is 0.938 bits per heavy atom. The third-order valence-corrected chi connectivity index (χ3v) is 5.15. The van der Waals surface area contributed by atoms with Crippen molar-refractivity contribution < 1.29 is 29.0 Å². The molecule has 1 aliphatic rings. The van der Waals surface area contributed by atoms with Crippen LogP contribution in [0.3, 0.4) is 0 Å². The molecule has 32 heavy (non-hydrogen) atoms. The molecule has 0 heterocycles. The Kier molecular flexibility index (Phi) is 7.09. The fourth-order valence-corrected chi connectivity index (χ4v) is 3.76. The molecule has 1 aliphatic carbocycles. The minimum Gasteiger partial charge on any atom is -0.474 e. The van der Waals surface area contributed by atoms with E-state index in [2.05, 4.69) is 16.2 Å². The Morgan fingerprint density at radius 3 is 2.03 bits per heavy atom. The highest BCUT2D eigenvalue weighted by atomic mass is 16.6. The van der Waals surface area contributed by atoms with Crippen LogP contribution in [0.4, 0.5) is 4.79 Å². The van der Waals surface area contributed by atoms with E-state index in [0.717, 1.165) is 22.3 Å². The van der Waals surface area contributed by atoms with Gasteiger partial charge in [-0.25, -0.2) is 15.0 Å². The molecule has 0 spiro atoms. The molecule has 3 amide bonds. The Labute approximate surface area is 185 Å². The minimum atomic E-state index is -1.70. The summed E-state index contributed by atoms with van der Waals surface area (Å²) in [5.74, 6) is -3.88. The maximum atomic E-state index is 12.3. The number of amides is 3. The van der Waals surface area contributed by atoms with Crippen LogP contribution in [0.15, 0.2) is 48.5 Å². The number of ether oxygens (including phenoxy) is 1. The van der Waals surface area contributed by atoms with Gasteiger partial charge in [-0.05, 0) is 34.6 Å². The van der Waals surface area contributed by atoms with E-state index in [0.29, 0.717) is 0 Å². The van der Waals surface area contributed by atoms with Gasteiger partial charge in [-0.1, -0.05) is 62.4 Å². The lowest BCUT2D eigenvalue weighted by atomic mass is 9.98. The van der Waals surface area contributed by atoms with E-state index in [9.17, 15) is 19.2 Å². The van der Waals surface area contributed by atoms with E-state index in [4.69, 9.17) is 9.84 Å². The zero-order valence-corrected chi connectivity index (χ0v) is 17.8. The number of hydrogen-bond acceptors (Lipinski definition) is 5. The Morgan fingerprint density at radius 2 is 1.50 bits per heavy atom. The number of hydrogen-bond donors (Lipinski definition) is 4. The van der Waals surface area contributed by atoms with E-state index in [1.165, 1.54) is 0 Å². The quantitative estimate of drug-likeness (QED) is 0.403. The maximum Gasteiger partial charge on any atom is 0.426 e. The number of rotatable bonds is 6. The first-order valence-electron chi connectivity index (χ1n) is 10.2. The molecule has 0 radical (unpaired) electrons. The molecule has 1 atom stereocenters. The summed E-state index contributed by atoms with van der Waals surface area (Å²) in [5, 5.41) is 10.9. The summed E-state index contributed by atoms with van der Waals surface area (Å²) < 4.78 is 5.32. The van der Waals surface area contributed by atoms with Crippen molar-refractivity contribution in [2.24, 2.45) is 5.92 Å². The molecule has 168 valence electrons. The van der Waals surface area contributed by atoms with Gasteiger partial charge in [0.2, 0.25) is 0 Å². The van der Waals surface area contributed by atoms with Crippen LogP contribution in [0.1, 0.15) is 37.3 Å². The second kappa shape index (κ2) is 9.95. The summed E-state index contributed by atoms with van der Waals surface area (Å²) in [7, 11) is 0. The lowest BCUT2D eigenvalue weighted by Gasteiger charge is -2.19. The molecule has 0 fully saturated rings. The molecule has 9 nitrogen and oxygen atoms in total. The van der Waals surface area contributed by atoms with Gasteiger partial charge in [-0.3, -0.25) is 15.0 Å². The zero-order chi connectivity index (χ0) is 23.3. The van der Waals surface area contributed by atoms with Crippen molar-refractivity contribution in [1.29, 1.82) is 0 Å². The molecule has 0 aliphatic heterocycles. The standard InChI is InChI=1S/C23H25N3O6/c1-13(2)11-19(24-21(28)22(29)30)20(27)25-26-23(31)32-12-18-16-9-5-3-7-14(16)15-8-4-6-10-17(15)18/h3-10,13,18-19H,11-12H2,1-2H3,(H,24,28)(H,25,27)(H,26,31)(H,29,30). The maximum absolute atomic E-state index is 12.3. The molecular formula is C23H25N3O6. The van der Waals surface area contributed by atoms with Crippen LogP contribution in [0.2, 0.25) is 0 Å². The number of fused-ring (bicyclic) bond motifs is 3. The van der Waals surface area contributed by atoms with Gasteiger partial charge in [0, 0.05) is 5.92 Å². The van der Waals surface area contributed by atoms with Gasteiger partial charge < -0.3 is 15.2 Å². The van der Waals surface area contributed by atoms with E-state index in [1.54, 1.807) is 0 Å². The monoisotopic (exact) mass is 439 g/mol. The predicted octanol–water partition coefficient (Wildman–Crippen LogP) is 2.17. The summed E-state index contributed by atoms with van der Waals surface area (Å²) in [4.78, 5) is 46.7. The first-order valence-corrected chi connectivity index (χ1v) is 10.2. The van der Waals surface area contributed by atoms with Gasteiger partial charge in [0.25, 0.3) is 5.91 Å². The number of aliphatic carboxylic acids is 1. The molecule has 0 saturated heterocycles. The van der Waals surface area contributed by atoms with Crippen LogP contribution in [-0.2, 0) is 19.1 Å². The fourth-order valence-electron chi connectivity index (χ4n) is 3.76. The molecule has 2 aromatic carbocycles. The Balaban J connectivity index is 1.57. The second-order valence-corrected chi connectivity index (χ2v) is 7.90. The highest BCUT2D eigenvalue weighted by Crippen LogP contribution is 2.44. The Hall–Kier alpha value is -3.88.